The third-order valence-electron chi connectivity index (χ3n) is 15.2. The van der Waals surface area contributed by atoms with Gasteiger partial charge < -0.3 is 43.6 Å². The van der Waals surface area contributed by atoms with Crippen molar-refractivity contribution in [2.24, 2.45) is 11.8 Å². The molecule has 9 aromatic rings. The normalized spacial score (nSPS) is 15.0. The smallest absolute Gasteiger partial charge is 0.407 e. The van der Waals surface area contributed by atoms with E-state index in [1.54, 1.807) is 23.4 Å². The van der Waals surface area contributed by atoms with Gasteiger partial charge >= 0.3 is 24.2 Å². The molecule has 6 heterocycles. The molecule has 0 spiro atoms. The van der Waals surface area contributed by atoms with Crippen molar-refractivity contribution in [3.8, 4) is 0 Å². The van der Waals surface area contributed by atoms with Crippen molar-refractivity contribution in [3.05, 3.63) is 166 Å². The van der Waals surface area contributed by atoms with E-state index >= 15 is 0 Å². The molecule has 0 saturated carbocycles. The van der Waals surface area contributed by atoms with Crippen LogP contribution >= 0.6 is 22.7 Å². The van der Waals surface area contributed by atoms with Crippen molar-refractivity contribution in [1.82, 2.24) is 44.1 Å². The summed E-state index contributed by atoms with van der Waals surface area (Å²) in [5.41, 5.74) is 6.29. The molecule has 30 heteroatoms. The summed E-state index contributed by atoms with van der Waals surface area (Å²) in [6.07, 6.45) is 3.85. The van der Waals surface area contributed by atoms with Gasteiger partial charge in [-0.3, -0.25) is 34.7 Å². The molecule has 1 aliphatic rings. The van der Waals surface area contributed by atoms with Gasteiger partial charge in [-0.05, 0) is 92.6 Å². The Morgan fingerprint density at radius 2 is 1.32 bits per heavy atom. The third-order valence-corrected chi connectivity index (χ3v) is 20.4. The molecule has 0 aliphatic carbocycles. The Morgan fingerprint density at radius 1 is 0.723 bits per heavy atom. The fraction of sp³-hybridized carbons (Fsp3) is 0.375. The lowest BCUT2D eigenvalue weighted by atomic mass is 10.0. The second-order valence-electron chi connectivity index (χ2n) is 23.3. The Labute approximate surface area is 552 Å². The summed E-state index contributed by atoms with van der Waals surface area (Å²) in [5.74, 6) is -0.838. The maximum atomic E-state index is 14.4. The van der Waals surface area contributed by atoms with Gasteiger partial charge in [-0.25, -0.2) is 26.4 Å². The quantitative estimate of drug-likeness (QED) is 0.0306. The van der Waals surface area contributed by atoms with E-state index in [-0.39, 0.29) is 109 Å². The summed E-state index contributed by atoms with van der Waals surface area (Å²) in [6.45, 7) is 8.01. The van der Waals surface area contributed by atoms with E-state index in [9.17, 15) is 46.2 Å². The zero-order valence-corrected chi connectivity index (χ0v) is 55.8. The number of alkyl carbamates (subject to hydrolysis) is 2. The highest BCUT2D eigenvalue weighted by Crippen LogP contribution is 2.31. The van der Waals surface area contributed by atoms with Gasteiger partial charge in [-0.1, -0.05) is 88.4 Å². The van der Waals surface area contributed by atoms with Gasteiger partial charge in [0.15, 0.2) is 11.2 Å². The number of aliphatic hydroxyl groups is 2. The van der Waals surface area contributed by atoms with Crippen molar-refractivity contribution in [2.45, 2.75) is 107 Å². The number of nitrogens with one attached hydrogen (secondary N) is 3. The van der Waals surface area contributed by atoms with Gasteiger partial charge in [0.1, 0.15) is 30.5 Å². The maximum absolute atomic E-state index is 14.4. The minimum absolute atomic E-state index is 0.00800. The predicted molar refractivity (Wildman–Crippen MR) is 352 cm³/mol. The van der Waals surface area contributed by atoms with E-state index < -0.39 is 62.4 Å². The summed E-state index contributed by atoms with van der Waals surface area (Å²) >= 11 is 2.69. The number of carbonyl (C=O) groups is 4. The molecule has 0 bridgehead atoms. The molecule has 4 aromatic carbocycles. The molecular formula is C64H75N11O15S4. The number of benzene rings is 4. The number of likely N-dealkylation sites (tertiary alicyclic amines) is 1. The van der Waals surface area contributed by atoms with Gasteiger partial charge in [0.25, 0.3) is 5.91 Å². The summed E-state index contributed by atoms with van der Waals surface area (Å²) in [7, 11) is -5.03. The lowest BCUT2D eigenvalue weighted by Gasteiger charge is -2.35. The van der Waals surface area contributed by atoms with E-state index in [2.05, 4.69) is 35.9 Å². The van der Waals surface area contributed by atoms with Gasteiger partial charge in [0.05, 0.1) is 72.7 Å². The van der Waals surface area contributed by atoms with Crippen LogP contribution in [0.1, 0.15) is 71.8 Å². The molecule has 5 unspecified atom stereocenters. The number of nitrogens with zero attached hydrogens (tertiary/aromatic N) is 8. The number of fused-ring (bicyclic) bond motifs is 2. The van der Waals surface area contributed by atoms with Crippen molar-refractivity contribution >= 4 is 101 Å². The van der Waals surface area contributed by atoms with Crippen LogP contribution in [-0.4, -0.2) is 162 Å². The van der Waals surface area contributed by atoms with Gasteiger partial charge in [-0.2, -0.15) is 18.6 Å². The van der Waals surface area contributed by atoms with Crippen molar-refractivity contribution in [2.75, 3.05) is 57.0 Å². The number of aliphatic hydroxyl groups excluding tert-OH is 2. The Bertz CT molecular complexity index is 4160. The van der Waals surface area contributed by atoms with Crippen LogP contribution in [0.15, 0.2) is 162 Å². The van der Waals surface area contributed by atoms with Crippen LogP contribution < -0.4 is 20.9 Å². The highest BCUT2D eigenvalue weighted by Gasteiger charge is 2.38. The molecule has 4 amide bonds. The van der Waals surface area contributed by atoms with Crippen LogP contribution in [0.3, 0.4) is 0 Å². The number of hydrogen-bond donors (Lipinski definition) is 5. The van der Waals surface area contributed by atoms with Gasteiger partial charge in [0, 0.05) is 57.8 Å². The standard InChI is InChI=1S/C32H40N6O7S2.C32H35N5O8S2/c1-21(2)17-38(18-28(39)26(14-22-8-5-4-6-9-22)35-32(41)44-19-23-16-33-20-46-23)47(42,43)24-11-12-25-29(15-24)45-31(34-25)36-30(40)27-10-7-13-37(27)3;1-21(2)17-37(27(13-22-7-5-4-6-8-22)28(38)16-34-32(40)44-19-24-15-33-20-46-24)47(41,42)25-9-10-26-29(14-25)45-31(35-26)36(3)30(39)23-11-12-43-18-23/h4-6,8-9,11-12,15-16,20-21,26-28,39H,7,10,13-14,17-19H2,1-3H3,(H,35,41)(H,34,36,40);4-12,14-15,18,20-21,27-28,38H,13,16-17,19H2,1-3H3,(H,34,40). The number of carbonyl (C=O) groups excluding carboxylic acids is 4. The van der Waals surface area contributed by atoms with Crippen LogP contribution in [-0.2, 0) is 60.4 Å². The predicted octanol–water partition coefficient (Wildman–Crippen LogP) is 8.56. The number of furan rings is 1. The zero-order chi connectivity index (χ0) is 67.1. The Kier molecular flexibility index (Phi) is 23.9. The van der Waals surface area contributed by atoms with Crippen LogP contribution in [0, 0.1) is 11.8 Å². The van der Waals surface area contributed by atoms with Crippen molar-refractivity contribution < 1.29 is 69.0 Å². The maximum Gasteiger partial charge on any atom is 0.407 e. The first-order valence-corrected chi connectivity index (χ1v) is 34.8. The second-order valence-corrected chi connectivity index (χ2v) is 29.0. The zero-order valence-electron chi connectivity index (χ0n) is 52.5. The number of hydrogen-bond acceptors (Lipinski definition) is 22. The van der Waals surface area contributed by atoms with E-state index in [0.717, 1.165) is 40.3 Å². The highest BCUT2D eigenvalue weighted by molar-refractivity contribution is 7.89. The highest BCUT2D eigenvalue weighted by atomic mass is 32.2. The van der Waals surface area contributed by atoms with Crippen LogP contribution in [0.4, 0.5) is 21.6 Å². The summed E-state index contributed by atoms with van der Waals surface area (Å²) in [6, 6.07) is 26.4. The molecule has 5 aromatic heterocycles. The van der Waals surface area contributed by atoms with Crippen LogP contribution in [0.25, 0.3) is 22.2 Å². The fourth-order valence-electron chi connectivity index (χ4n) is 10.4. The second kappa shape index (κ2) is 32.1. The van der Waals surface area contributed by atoms with Gasteiger partial charge in [0.2, 0.25) is 26.0 Å². The van der Waals surface area contributed by atoms with Crippen molar-refractivity contribution in [1.29, 1.82) is 0 Å². The molecule has 94 heavy (non-hydrogen) atoms. The Balaban J connectivity index is 0.000000221. The molecule has 0 radical (unpaired) electrons. The summed E-state index contributed by atoms with van der Waals surface area (Å²) in [4.78, 5) is 71.8. The average Bonchev–Trinajstić information content (AvgIpc) is 1.37. The molecule has 26 nitrogen and oxygen atoms in total. The first-order chi connectivity index (χ1) is 45.0. The third kappa shape index (κ3) is 18.5. The average molecular weight is 1370 g/mol. The number of rotatable bonds is 28. The number of oxazole rings is 2. The number of amides is 4. The number of likely N-dealkylation sites (N-methyl/N-ethyl adjacent to an activating group) is 1. The number of sulfonamides is 2. The number of ether oxygens (including phenoxy) is 2. The SMILES string of the molecule is CC(C)CN(C(Cc1ccccc1)C(O)CNC(=O)OCc1cncs1)S(=O)(=O)c1ccc2nc(N(C)C(=O)c3ccoc3)oc2c1.CC(C)CN(CC(O)C(Cc1ccccc1)NC(=O)OCc1cncs1)S(=O)(=O)c1ccc2nc(NC(=O)C3CCCN3C)oc2c1. The molecule has 500 valence electrons. The van der Waals surface area contributed by atoms with E-state index in [1.165, 1.54) is 98.2 Å². The molecule has 10 rings (SSSR count). The Morgan fingerprint density at radius 3 is 1.89 bits per heavy atom. The van der Waals surface area contributed by atoms with E-state index in [4.69, 9.17) is 22.7 Å². The molecule has 1 aliphatic heterocycles. The number of anilines is 2. The van der Waals surface area contributed by atoms with Crippen molar-refractivity contribution in [3.63, 3.8) is 0 Å². The molecule has 1 fully saturated rings. The molecule has 5 N–H and O–H groups in total. The lowest BCUT2D eigenvalue weighted by Crippen LogP contribution is -2.52. The monoisotopic (exact) mass is 1370 g/mol. The van der Waals surface area contributed by atoms with Gasteiger partial charge in [-0.15, -0.1) is 22.7 Å². The minimum Gasteiger partial charge on any atom is -0.472 e. The Hall–Kier alpha value is -8.46. The van der Waals surface area contributed by atoms with Crippen LogP contribution in [0.5, 0.6) is 0 Å². The largest absolute Gasteiger partial charge is 0.472 e. The summed E-state index contributed by atoms with van der Waals surface area (Å²) in [5, 5.41) is 30.9. The molecule has 1 saturated heterocycles. The molecule has 5 atom stereocenters. The van der Waals surface area contributed by atoms with E-state index in [1.807, 2.05) is 100 Å². The summed E-state index contributed by atoms with van der Waals surface area (Å²) < 4.78 is 86.5. The van der Waals surface area contributed by atoms with Crippen LogP contribution in [0.2, 0.25) is 0 Å². The lowest BCUT2D eigenvalue weighted by molar-refractivity contribution is -0.120. The number of thiazole rings is 2. The fourth-order valence-corrected chi connectivity index (χ4v) is 14.9. The first-order valence-electron chi connectivity index (χ1n) is 30.2. The van der Waals surface area contributed by atoms with E-state index in [0.29, 0.717) is 16.6 Å². The first kappa shape index (κ1) is 69.9. The topological polar surface area (TPSA) is 336 Å². The minimum atomic E-state index is -4.25. The molecular weight excluding hydrogens is 1290 g/mol. The number of aromatic nitrogens is 4.